The number of phenols is 1. The molecule has 0 aromatic heterocycles. The first-order valence-corrected chi connectivity index (χ1v) is 10.9. The van der Waals surface area contributed by atoms with E-state index in [-0.39, 0.29) is 40.8 Å². The van der Waals surface area contributed by atoms with E-state index in [0.29, 0.717) is 17.9 Å². The quantitative estimate of drug-likeness (QED) is 0.636. The third-order valence-electron chi connectivity index (χ3n) is 9.16. The highest BCUT2D eigenvalue weighted by molar-refractivity contribution is 5.98. The lowest BCUT2D eigenvalue weighted by Crippen LogP contribution is -2.63. The largest absolute Gasteiger partial charge is 0.507 e. The maximum absolute atomic E-state index is 12.2. The number of hydrogen-bond donors (Lipinski definition) is 2. The van der Waals surface area contributed by atoms with E-state index in [0.717, 1.165) is 48.1 Å². The minimum absolute atomic E-state index is 0.00723. The molecular formula is C24H32O5. The summed E-state index contributed by atoms with van der Waals surface area (Å²) in [6.07, 6.45) is 4.11. The second kappa shape index (κ2) is 5.69. The van der Waals surface area contributed by atoms with E-state index < -0.39 is 5.97 Å². The fourth-order valence-electron chi connectivity index (χ4n) is 7.40. The molecule has 1 aromatic carbocycles. The van der Waals surface area contributed by atoms with Gasteiger partial charge in [0, 0.05) is 17.0 Å². The first kappa shape index (κ1) is 19.2. The molecule has 0 saturated heterocycles. The predicted octanol–water partition coefficient (Wildman–Crippen LogP) is 4.28. The molecule has 5 atom stereocenters. The molecule has 158 valence electrons. The van der Waals surface area contributed by atoms with Crippen LogP contribution in [-0.4, -0.2) is 27.9 Å². The molecular weight excluding hydrogens is 368 g/mol. The van der Waals surface area contributed by atoms with Crippen LogP contribution in [0.5, 0.6) is 11.5 Å². The van der Waals surface area contributed by atoms with Gasteiger partial charge in [0.1, 0.15) is 29.3 Å². The van der Waals surface area contributed by atoms with Crippen LogP contribution in [0.2, 0.25) is 0 Å². The van der Waals surface area contributed by atoms with Crippen LogP contribution in [0, 0.1) is 29.6 Å². The number of phenolic OH excluding ortho intramolecular Hbond substituents is 1. The summed E-state index contributed by atoms with van der Waals surface area (Å²) in [5.74, 6) is 0.964. The molecule has 2 fully saturated rings. The normalized spacial score (nSPS) is 39.5. The Balaban J connectivity index is 1.64. The minimum Gasteiger partial charge on any atom is -0.507 e. The Morgan fingerprint density at radius 3 is 2.48 bits per heavy atom. The molecule has 0 spiro atoms. The summed E-state index contributed by atoms with van der Waals surface area (Å²) in [4.78, 5) is 12.2. The molecule has 0 unspecified atom stereocenters. The van der Waals surface area contributed by atoms with Gasteiger partial charge in [-0.25, -0.2) is 4.79 Å². The van der Waals surface area contributed by atoms with Crippen molar-refractivity contribution in [3.63, 3.8) is 0 Å². The van der Waals surface area contributed by atoms with Crippen molar-refractivity contribution >= 4 is 5.97 Å². The van der Waals surface area contributed by atoms with E-state index >= 15 is 0 Å². The van der Waals surface area contributed by atoms with Gasteiger partial charge in [0.25, 0.3) is 0 Å². The van der Waals surface area contributed by atoms with E-state index in [1.54, 1.807) is 0 Å². The van der Waals surface area contributed by atoms with Crippen LogP contribution < -0.4 is 4.74 Å². The molecule has 5 nitrogen and oxygen atoms in total. The van der Waals surface area contributed by atoms with E-state index in [1.165, 1.54) is 0 Å². The molecule has 0 amide bonds. The number of hydrogen-bond acceptors (Lipinski definition) is 5. The van der Waals surface area contributed by atoms with Gasteiger partial charge in [0.05, 0.1) is 6.10 Å². The van der Waals surface area contributed by atoms with Crippen molar-refractivity contribution in [2.75, 3.05) is 0 Å². The van der Waals surface area contributed by atoms with Crippen molar-refractivity contribution in [3.05, 3.63) is 22.3 Å². The number of aliphatic hydroxyl groups is 1. The van der Waals surface area contributed by atoms with Gasteiger partial charge in [-0.1, -0.05) is 20.8 Å². The molecule has 0 radical (unpaired) electrons. The van der Waals surface area contributed by atoms with Gasteiger partial charge in [-0.2, -0.15) is 0 Å². The number of ether oxygens (including phenoxy) is 2. The van der Waals surface area contributed by atoms with E-state index in [2.05, 4.69) is 27.7 Å². The molecule has 4 aliphatic rings. The first-order chi connectivity index (χ1) is 13.5. The zero-order valence-electron chi connectivity index (χ0n) is 18.1. The van der Waals surface area contributed by atoms with Crippen molar-refractivity contribution < 1.29 is 24.5 Å². The Labute approximate surface area is 172 Å². The topological polar surface area (TPSA) is 76.0 Å². The maximum Gasteiger partial charge on any atom is 0.342 e. The average Bonchev–Trinajstić information content (AvgIpc) is 3.04. The maximum atomic E-state index is 12.2. The molecule has 5 heteroatoms. The number of carbonyl (C=O) groups excluding carboxylic acids is 1. The third kappa shape index (κ3) is 2.28. The number of aromatic hydroxyl groups is 1. The molecule has 1 aromatic rings. The van der Waals surface area contributed by atoms with Gasteiger partial charge in [-0.05, 0) is 68.3 Å². The van der Waals surface area contributed by atoms with E-state index in [9.17, 15) is 15.0 Å². The first-order valence-electron chi connectivity index (χ1n) is 10.9. The highest BCUT2D eigenvalue weighted by Crippen LogP contribution is 2.65. The number of cyclic esters (lactones) is 1. The summed E-state index contributed by atoms with van der Waals surface area (Å²) < 4.78 is 11.9. The van der Waals surface area contributed by atoms with Crippen molar-refractivity contribution in [2.45, 2.75) is 85.0 Å². The monoisotopic (exact) mass is 400 g/mol. The number of esters is 1. The highest BCUT2D eigenvalue weighted by Gasteiger charge is 2.62. The fraction of sp³-hybridized carbons (Fsp3) is 0.708. The van der Waals surface area contributed by atoms with Gasteiger partial charge in [-0.3, -0.25) is 0 Å². The summed E-state index contributed by atoms with van der Waals surface area (Å²) in [5, 5.41) is 21.7. The fourth-order valence-corrected chi connectivity index (χ4v) is 7.40. The van der Waals surface area contributed by atoms with E-state index in [4.69, 9.17) is 9.47 Å². The lowest BCUT2D eigenvalue weighted by molar-refractivity contribution is -0.191. The molecule has 0 bridgehead atoms. The lowest BCUT2D eigenvalue weighted by atomic mass is 9.44. The van der Waals surface area contributed by atoms with Gasteiger partial charge < -0.3 is 19.7 Å². The van der Waals surface area contributed by atoms with E-state index in [1.807, 2.05) is 6.92 Å². The summed E-state index contributed by atoms with van der Waals surface area (Å²) in [7, 11) is 0. The van der Waals surface area contributed by atoms with Crippen molar-refractivity contribution in [1.29, 1.82) is 0 Å². The molecule has 2 N–H and O–H groups in total. The molecule has 29 heavy (non-hydrogen) atoms. The number of aliphatic hydroxyl groups excluding tert-OH is 1. The van der Waals surface area contributed by atoms with Crippen molar-refractivity contribution in [3.8, 4) is 11.5 Å². The number of benzene rings is 1. The smallest absolute Gasteiger partial charge is 0.342 e. The molecule has 2 saturated carbocycles. The van der Waals surface area contributed by atoms with Crippen molar-refractivity contribution in [1.82, 2.24) is 0 Å². The Morgan fingerprint density at radius 2 is 1.76 bits per heavy atom. The second-order valence-corrected chi connectivity index (χ2v) is 10.9. The number of rotatable bonds is 0. The second-order valence-electron chi connectivity index (χ2n) is 10.9. The van der Waals surface area contributed by atoms with Crippen LogP contribution in [0.1, 0.15) is 80.4 Å². The molecule has 2 aliphatic heterocycles. The Morgan fingerprint density at radius 1 is 1.03 bits per heavy atom. The Kier molecular flexibility index (Phi) is 3.77. The zero-order valence-corrected chi connectivity index (χ0v) is 18.1. The van der Waals surface area contributed by atoms with Gasteiger partial charge in [-0.15, -0.1) is 0 Å². The zero-order chi connectivity index (χ0) is 20.9. The van der Waals surface area contributed by atoms with Crippen LogP contribution in [0.4, 0.5) is 0 Å². The lowest BCUT2D eigenvalue weighted by Gasteiger charge is -2.64. The Hall–Kier alpha value is -1.75. The molecule has 2 aliphatic carbocycles. The molecule has 2 heterocycles. The van der Waals surface area contributed by atoms with Crippen LogP contribution in [0.15, 0.2) is 0 Å². The summed E-state index contributed by atoms with van der Waals surface area (Å²) in [6, 6.07) is 0. The molecule has 5 rings (SSSR count). The highest BCUT2D eigenvalue weighted by atomic mass is 16.5. The summed E-state index contributed by atoms with van der Waals surface area (Å²) in [5.41, 5.74) is 2.31. The van der Waals surface area contributed by atoms with Crippen LogP contribution in [-0.2, 0) is 17.8 Å². The SMILES string of the molecule is Cc1c2c(c(O)c3c1O[C@]1(C)CC[C@H]4C(C)(C)[C@H](O)CC[C@]4(C)[C@H]1C3)C(=O)OC2. The van der Waals surface area contributed by atoms with Gasteiger partial charge in [0.2, 0.25) is 0 Å². The predicted molar refractivity (Wildman–Crippen MR) is 108 cm³/mol. The Bertz CT molecular complexity index is 919. The van der Waals surface area contributed by atoms with Crippen molar-refractivity contribution in [2.24, 2.45) is 22.7 Å². The van der Waals surface area contributed by atoms with Crippen LogP contribution in [0.25, 0.3) is 0 Å². The number of fused-ring (bicyclic) bond motifs is 5. The summed E-state index contributed by atoms with van der Waals surface area (Å²) in [6.45, 7) is 11.1. The van der Waals surface area contributed by atoms with Crippen LogP contribution >= 0.6 is 0 Å². The van der Waals surface area contributed by atoms with Gasteiger partial charge >= 0.3 is 5.97 Å². The summed E-state index contributed by atoms with van der Waals surface area (Å²) >= 11 is 0. The average molecular weight is 401 g/mol. The van der Waals surface area contributed by atoms with Crippen LogP contribution in [0.3, 0.4) is 0 Å². The minimum atomic E-state index is -0.439. The third-order valence-corrected chi connectivity index (χ3v) is 9.16. The standard InChI is InChI=1S/C24H32O5/c1-12-14-11-28-21(27)18(14)19(26)13-10-16-23(4)8-7-17(25)22(2,3)15(23)6-9-24(16,5)29-20(12)13/h15-17,25-26H,6-11H2,1-5H3/t15-,16+,17+,23-,24+/m0/s1. The number of carbonyl (C=O) groups is 1. The van der Waals surface area contributed by atoms with Gasteiger partial charge in [0.15, 0.2) is 0 Å².